The summed E-state index contributed by atoms with van der Waals surface area (Å²) in [5, 5.41) is 7.52. The number of likely N-dealkylation sites (tertiary alicyclic amines) is 1. The van der Waals surface area contributed by atoms with Gasteiger partial charge in [0.05, 0.1) is 43.1 Å². The number of nitrogens with one attached hydrogen (secondary N) is 1. The molecule has 2 aliphatic heterocycles. The highest BCUT2D eigenvalue weighted by atomic mass is 19.1. The number of carbonyl (C=O) groups is 3. The first-order valence-electron chi connectivity index (χ1n) is 13.7. The van der Waals surface area contributed by atoms with Crippen LogP contribution < -0.4 is 10.1 Å². The molecule has 41 heavy (non-hydrogen) atoms. The van der Waals surface area contributed by atoms with E-state index in [1.165, 1.54) is 11.1 Å². The van der Waals surface area contributed by atoms with E-state index in [0.29, 0.717) is 41.8 Å². The fourth-order valence-electron chi connectivity index (χ4n) is 5.58. The molecule has 10 nitrogen and oxygen atoms in total. The number of hydrogen-bond donors (Lipinski definition) is 1. The fraction of sp³-hybridized carbons (Fsp3) is 0.467. The van der Waals surface area contributed by atoms with Crippen molar-refractivity contribution in [3.8, 4) is 5.75 Å². The third-order valence-electron chi connectivity index (χ3n) is 7.54. The molecule has 1 unspecified atom stereocenters. The molecule has 2 aromatic carbocycles. The highest BCUT2D eigenvalue weighted by Crippen LogP contribution is 2.38. The Labute approximate surface area is 237 Å². The van der Waals surface area contributed by atoms with Crippen LogP contribution in [-0.2, 0) is 24.5 Å². The van der Waals surface area contributed by atoms with Gasteiger partial charge in [-0.2, -0.15) is 9.78 Å². The first-order chi connectivity index (χ1) is 19.5. The van der Waals surface area contributed by atoms with Crippen LogP contribution in [0, 0.1) is 0 Å². The van der Waals surface area contributed by atoms with Gasteiger partial charge in [0.2, 0.25) is 11.8 Å². The van der Waals surface area contributed by atoms with Gasteiger partial charge in [0, 0.05) is 18.4 Å². The van der Waals surface area contributed by atoms with Gasteiger partial charge in [-0.05, 0) is 63.4 Å². The van der Waals surface area contributed by atoms with Crippen molar-refractivity contribution in [2.24, 2.45) is 0 Å². The molecule has 3 atom stereocenters. The molecule has 0 aliphatic carbocycles. The Hall–Kier alpha value is -3.99. The first kappa shape index (κ1) is 28.5. The number of hydrogen-bond acceptors (Lipinski definition) is 7. The molecule has 1 aromatic heterocycles. The standard InChI is InChI=1S/C30H35FN4O6/c1-29(2,3)41-28(38)35-24-8-5-7-23(22(24)16-32-35)33-26(36)25-15-20(31)17-34(25)27(37)30(13-6-14-40-18-30)19-9-11-21(39-4)12-10-19/h5,7-12,16,20,25H,6,13-15,17-18H2,1-4H3,(H,33,36)/t20-,25-,30?/m1/s1. The maximum atomic E-state index is 14.9. The summed E-state index contributed by atoms with van der Waals surface area (Å²) in [7, 11) is 1.57. The quantitative estimate of drug-likeness (QED) is 0.486. The Balaban J connectivity index is 1.41. The van der Waals surface area contributed by atoms with Crippen molar-refractivity contribution in [2.75, 3.05) is 32.2 Å². The highest BCUT2D eigenvalue weighted by Gasteiger charge is 2.50. The summed E-state index contributed by atoms with van der Waals surface area (Å²) < 4.78 is 32.5. The molecule has 0 bridgehead atoms. The van der Waals surface area contributed by atoms with E-state index in [1.807, 2.05) is 12.1 Å². The lowest BCUT2D eigenvalue weighted by Crippen LogP contribution is -2.55. The maximum absolute atomic E-state index is 14.9. The smallest absolute Gasteiger partial charge is 0.435 e. The van der Waals surface area contributed by atoms with Crippen molar-refractivity contribution in [3.05, 3.63) is 54.2 Å². The second kappa shape index (κ2) is 11.1. The summed E-state index contributed by atoms with van der Waals surface area (Å²) in [5.41, 5.74) is -0.180. The molecule has 0 radical (unpaired) electrons. The van der Waals surface area contributed by atoms with Gasteiger partial charge in [-0.1, -0.05) is 18.2 Å². The Morgan fingerprint density at radius 1 is 1.15 bits per heavy atom. The number of amides is 2. The minimum Gasteiger partial charge on any atom is -0.497 e. The zero-order valence-electron chi connectivity index (χ0n) is 23.7. The van der Waals surface area contributed by atoms with Gasteiger partial charge < -0.3 is 24.4 Å². The van der Waals surface area contributed by atoms with Crippen LogP contribution >= 0.6 is 0 Å². The normalized spacial score (nSPS) is 22.9. The van der Waals surface area contributed by atoms with Crippen molar-refractivity contribution in [1.29, 1.82) is 0 Å². The van der Waals surface area contributed by atoms with Crippen LogP contribution in [0.1, 0.15) is 45.6 Å². The maximum Gasteiger partial charge on any atom is 0.435 e. The molecule has 0 spiro atoms. The van der Waals surface area contributed by atoms with Gasteiger partial charge in [-0.15, -0.1) is 0 Å². The van der Waals surface area contributed by atoms with E-state index in [4.69, 9.17) is 14.2 Å². The average molecular weight is 567 g/mol. The molecule has 2 saturated heterocycles. The summed E-state index contributed by atoms with van der Waals surface area (Å²) in [4.78, 5) is 41.8. The summed E-state index contributed by atoms with van der Waals surface area (Å²) in [6, 6.07) is 11.2. The van der Waals surface area contributed by atoms with Crippen LogP contribution in [-0.4, -0.2) is 77.3 Å². The topological polar surface area (TPSA) is 112 Å². The molecule has 11 heteroatoms. The zero-order valence-corrected chi connectivity index (χ0v) is 23.7. The van der Waals surface area contributed by atoms with E-state index >= 15 is 0 Å². The summed E-state index contributed by atoms with van der Waals surface area (Å²) >= 11 is 0. The molecule has 218 valence electrons. The van der Waals surface area contributed by atoms with Crippen LogP contribution in [0.5, 0.6) is 5.75 Å². The molecule has 0 saturated carbocycles. The SMILES string of the molecule is COc1ccc(C2(C(=O)N3C[C@H](F)C[C@@H]3C(=O)Nc3cccc4c3cnn4C(=O)OC(C)(C)C)CCCOC2)cc1. The Morgan fingerprint density at radius 3 is 2.56 bits per heavy atom. The van der Waals surface area contributed by atoms with Gasteiger partial charge in [0.15, 0.2) is 0 Å². The number of benzene rings is 2. The number of alkyl halides is 1. The molecule has 2 amide bonds. The molecule has 2 aliphatic rings. The minimum absolute atomic E-state index is 0.121. The summed E-state index contributed by atoms with van der Waals surface area (Å²) in [6.07, 6.45) is 0.515. The van der Waals surface area contributed by atoms with Crippen LogP contribution in [0.15, 0.2) is 48.7 Å². The monoisotopic (exact) mass is 566 g/mol. The predicted octanol–water partition coefficient (Wildman–Crippen LogP) is 4.45. The number of ether oxygens (including phenoxy) is 3. The van der Waals surface area contributed by atoms with E-state index in [2.05, 4.69) is 10.4 Å². The van der Waals surface area contributed by atoms with Crippen molar-refractivity contribution < 1.29 is 33.0 Å². The van der Waals surface area contributed by atoms with Crippen molar-refractivity contribution in [2.45, 2.75) is 63.3 Å². The molecular weight excluding hydrogens is 531 g/mol. The van der Waals surface area contributed by atoms with Crippen molar-refractivity contribution >= 4 is 34.5 Å². The fourth-order valence-corrected chi connectivity index (χ4v) is 5.58. The molecule has 5 rings (SSSR count). The number of fused-ring (bicyclic) bond motifs is 1. The van der Waals surface area contributed by atoms with Crippen LogP contribution in [0.25, 0.3) is 10.9 Å². The van der Waals surface area contributed by atoms with Crippen molar-refractivity contribution in [3.63, 3.8) is 0 Å². The molecule has 3 aromatic rings. The Morgan fingerprint density at radius 2 is 1.90 bits per heavy atom. The second-order valence-electron chi connectivity index (χ2n) is 11.5. The highest BCUT2D eigenvalue weighted by molar-refractivity contribution is 6.05. The van der Waals surface area contributed by atoms with Gasteiger partial charge in [-0.3, -0.25) is 9.59 Å². The number of nitrogens with zero attached hydrogens (tertiary/aromatic N) is 3. The average Bonchev–Trinajstić information content (AvgIpc) is 3.56. The van der Waals surface area contributed by atoms with Gasteiger partial charge >= 0.3 is 6.09 Å². The van der Waals surface area contributed by atoms with Crippen LogP contribution in [0.3, 0.4) is 0 Å². The lowest BCUT2D eigenvalue weighted by atomic mass is 9.74. The molecule has 3 heterocycles. The van der Waals surface area contributed by atoms with Crippen LogP contribution in [0.2, 0.25) is 0 Å². The number of carbonyl (C=O) groups excluding carboxylic acids is 3. The second-order valence-corrected chi connectivity index (χ2v) is 11.5. The number of anilines is 1. The first-order valence-corrected chi connectivity index (χ1v) is 13.7. The molecule has 2 fully saturated rings. The van der Waals surface area contributed by atoms with E-state index in [-0.39, 0.29) is 25.5 Å². The number of methoxy groups -OCH3 is 1. The largest absolute Gasteiger partial charge is 0.497 e. The van der Waals surface area contributed by atoms with Crippen molar-refractivity contribution in [1.82, 2.24) is 14.7 Å². The number of halogens is 1. The van der Waals surface area contributed by atoms with E-state index in [0.717, 1.165) is 10.2 Å². The van der Waals surface area contributed by atoms with E-state index in [1.54, 1.807) is 58.2 Å². The van der Waals surface area contributed by atoms with Gasteiger partial charge in [0.1, 0.15) is 23.6 Å². The Bertz CT molecular complexity index is 1440. The predicted molar refractivity (Wildman–Crippen MR) is 150 cm³/mol. The lowest BCUT2D eigenvalue weighted by molar-refractivity contribution is -0.146. The van der Waals surface area contributed by atoms with Gasteiger partial charge in [0.25, 0.3) is 0 Å². The molecule has 1 N–H and O–H groups in total. The number of aromatic nitrogens is 2. The van der Waals surface area contributed by atoms with E-state index in [9.17, 15) is 18.8 Å². The third kappa shape index (κ3) is 5.63. The van der Waals surface area contributed by atoms with E-state index < -0.39 is 35.2 Å². The number of rotatable bonds is 5. The molecular formula is C30H35FN4O6. The Kier molecular flexibility index (Phi) is 7.74. The van der Waals surface area contributed by atoms with Crippen LogP contribution in [0.4, 0.5) is 14.9 Å². The lowest BCUT2D eigenvalue weighted by Gasteiger charge is -2.40. The summed E-state index contributed by atoms with van der Waals surface area (Å²) in [6.45, 7) is 5.76. The third-order valence-corrected chi connectivity index (χ3v) is 7.54. The van der Waals surface area contributed by atoms with Gasteiger partial charge in [-0.25, -0.2) is 9.18 Å². The summed E-state index contributed by atoms with van der Waals surface area (Å²) in [5.74, 6) is -0.198. The zero-order chi connectivity index (χ0) is 29.4. The minimum atomic E-state index is -1.35.